The number of hydrogen-bond acceptors (Lipinski definition) is 5. The van der Waals surface area contributed by atoms with E-state index >= 15 is 0 Å². The highest BCUT2D eigenvalue weighted by Crippen LogP contribution is 2.35. The summed E-state index contributed by atoms with van der Waals surface area (Å²) >= 11 is 0. The number of halogens is 3. The number of nitrogens with zero attached hydrogens (tertiary/aromatic N) is 1. The minimum absolute atomic E-state index is 0.00207. The van der Waals surface area contributed by atoms with Crippen LogP contribution in [0.15, 0.2) is 42.5 Å². The molecule has 1 N–H and O–H groups in total. The van der Waals surface area contributed by atoms with Crippen molar-refractivity contribution in [2.75, 3.05) is 43.1 Å². The number of anilines is 2. The zero-order valence-electron chi connectivity index (χ0n) is 15.3. The van der Waals surface area contributed by atoms with Gasteiger partial charge in [-0.3, -0.25) is 4.79 Å². The quantitative estimate of drug-likeness (QED) is 0.453. The van der Waals surface area contributed by atoms with Gasteiger partial charge in [-0.25, -0.2) is 4.79 Å². The van der Waals surface area contributed by atoms with E-state index in [1.54, 1.807) is 19.1 Å². The molecule has 0 radical (unpaired) electrons. The Morgan fingerprint density at radius 1 is 1.25 bits per heavy atom. The van der Waals surface area contributed by atoms with Crippen molar-refractivity contribution >= 4 is 23.3 Å². The molecular formula is C19H21F3N2O4. The van der Waals surface area contributed by atoms with Gasteiger partial charge in [-0.1, -0.05) is 18.2 Å². The second-order valence-corrected chi connectivity index (χ2v) is 5.87. The van der Waals surface area contributed by atoms with Crippen LogP contribution in [-0.4, -0.2) is 44.8 Å². The second-order valence-electron chi connectivity index (χ2n) is 5.87. The molecule has 1 amide bonds. The van der Waals surface area contributed by atoms with Gasteiger partial charge in [-0.05, 0) is 25.1 Å². The summed E-state index contributed by atoms with van der Waals surface area (Å²) in [6.07, 6.45) is 1.35. The SMILES string of the molecule is C/C=C/C=C/C(=O)OCC(=O)Nc1cc(C(F)(F)F)ccc1N1CCOCC1. The van der Waals surface area contributed by atoms with E-state index in [1.165, 1.54) is 12.1 Å². The summed E-state index contributed by atoms with van der Waals surface area (Å²) in [5, 5.41) is 2.41. The molecule has 0 atom stereocenters. The summed E-state index contributed by atoms with van der Waals surface area (Å²) in [7, 11) is 0. The number of hydrogen-bond donors (Lipinski definition) is 1. The fourth-order valence-corrected chi connectivity index (χ4v) is 2.51. The third-order valence-electron chi connectivity index (χ3n) is 3.83. The summed E-state index contributed by atoms with van der Waals surface area (Å²) in [4.78, 5) is 25.4. The first-order chi connectivity index (χ1) is 13.3. The van der Waals surface area contributed by atoms with Crippen molar-refractivity contribution in [3.8, 4) is 0 Å². The van der Waals surface area contributed by atoms with Crippen LogP contribution in [0, 0.1) is 0 Å². The largest absolute Gasteiger partial charge is 0.452 e. The van der Waals surface area contributed by atoms with Gasteiger partial charge >= 0.3 is 12.1 Å². The Kier molecular flexibility index (Phi) is 7.62. The Labute approximate surface area is 160 Å². The summed E-state index contributed by atoms with van der Waals surface area (Å²) in [6, 6.07) is 3.15. The van der Waals surface area contributed by atoms with E-state index in [1.807, 2.05) is 4.90 Å². The van der Waals surface area contributed by atoms with E-state index in [2.05, 4.69) is 5.32 Å². The number of morpholine rings is 1. The molecule has 0 bridgehead atoms. The van der Waals surface area contributed by atoms with Gasteiger partial charge in [0, 0.05) is 19.2 Å². The van der Waals surface area contributed by atoms with Crippen molar-refractivity contribution in [3.63, 3.8) is 0 Å². The highest BCUT2D eigenvalue weighted by atomic mass is 19.4. The molecule has 6 nitrogen and oxygen atoms in total. The maximum Gasteiger partial charge on any atom is 0.416 e. The lowest BCUT2D eigenvalue weighted by atomic mass is 10.1. The highest BCUT2D eigenvalue weighted by molar-refractivity contribution is 5.96. The zero-order valence-corrected chi connectivity index (χ0v) is 15.3. The fraction of sp³-hybridized carbons (Fsp3) is 0.368. The van der Waals surface area contributed by atoms with Crippen molar-refractivity contribution in [1.29, 1.82) is 0 Å². The Balaban J connectivity index is 2.12. The van der Waals surface area contributed by atoms with Crippen LogP contribution in [0.4, 0.5) is 24.5 Å². The van der Waals surface area contributed by atoms with Gasteiger partial charge in [-0.2, -0.15) is 13.2 Å². The molecule has 9 heteroatoms. The molecule has 1 fully saturated rings. The predicted octanol–water partition coefficient (Wildman–Crippen LogP) is 3.16. The monoisotopic (exact) mass is 398 g/mol. The van der Waals surface area contributed by atoms with E-state index in [4.69, 9.17) is 9.47 Å². The Bertz CT molecular complexity index is 754. The number of carbonyl (C=O) groups excluding carboxylic acids is 2. The second kappa shape index (κ2) is 9.93. The van der Waals surface area contributed by atoms with Crippen LogP contribution in [-0.2, 0) is 25.2 Å². The standard InChI is InChI=1S/C19H21F3N2O4/c1-2-3-4-5-18(26)28-13-17(25)23-15-12-14(19(20,21)22)6-7-16(15)24-8-10-27-11-9-24/h2-7,12H,8-11,13H2,1H3,(H,23,25)/b3-2+,5-4+. The van der Waals surface area contributed by atoms with Gasteiger partial charge in [0.05, 0.1) is 30.2 Å². The zero-order chi connectivity index (χ0) is 20.6. The van der Waals surface area contributed by atoms with Gasteiger partial charge in [0.25, 0.3) is 5.91 Å². The Morgan fingerprint density at radius 2 is 1.96 bits per heavy atom. The molecule has 152 valence electrons. The lowest BCUT2D eigenvalue weighted by Crippen LogP contribution is -2.37. The molecule has 0 saturated carbocycles. The third-order valence-corrected chi connectivity index (χ3v) is 3.83. The number of allylic oxidation sites excluding steroid dienone is 3. The van der Waals surface area contributed by atoms with Crippen LogP contribution in [0.2, 0.25) is 0 Å². The predicted molar refractivity (Wildman–Crippen MR) is 98.0 cm³/mol. The number of esters is 1. The van der Waals surface area contributed by atoms with E-state index in [0.29, 0.717) is 32.0 Å². The molecule has 2 rings (SSSR count). The van der Waals surface area contributed by atoms with Crippen molar-refractivity contribution in [3.05, 3.63) is 48.1 Å². The molecule has 0 aromatic heterocycles. The van der Waals surface area contributed by atoms with Crippen molar-refractivity contribution in [2.24, 2.45) is 0 Å². The molecule has 1 aliphatic heterocycles. The molecule has 0 unspecified atom stereocenters. The lowest BCUT2D eigenvalue weighted by molar-refractivity contribution is -0.142. The first kappa shape index (κ1) is 21.5. The van der Waals surface area contributed by atoms with Crippen LogP contribution in [0.5, 0.6) is 0 Å². The van der Waals surface area contributed by atoms with Crippen molar-refractivity contribution in [1.82, 2.24) is 0 Å². The minimum Gasteiger partial charge on any atom is -0.452 e. The number of nitrogens with one attached hydrogen (secondary N) is 1. The van der Waals surface area contributed by atoms with Crippen molar-refractivity contribution in [2.45, 2.75) is 13.1 Å². The summed E-state index contributed by atoms with van der Waals surface area (Å²) in [6.45, 7) is 3.00. The van der Waals surface area contributed by atoms with E-state index < -0.39 is 30.2 Å². The summed E-state index contributed by atoms with van der Waals surface area (Å²) < 4.78 is 49.2. The van der Waals surface area contributed by atoms with Gasteiger partial charge < -0.3 is 19.7 Å². The highest BCUT2D eigenvalue weighted by Gasteiger charge is 2.32. The van der Waals surface area contributed by atoms with Crippen molar-refractivity contribution < 1.29 is 32.2 Å². The van der Waals surface area contributed by atoms with Crippen LogP contribution < -0.4 is 10.2 Å². The molecule has 1 heterocycles. The molecule has 0 aliphatic carbocycles. The molecule has 0 spiro atoms. The van der Waals surface area contributed by atoms with Gasteiger partial charge in [-0.15, -0.1) is 0 Å². The van der Waals surface area contributed by atoms with E-state index in [9.17, 15) is 22.8 Å². The summed E-state index contributed by atoms with van der Waals surface area (Å²) in [5.41, 5.74) is -0.433. The smallest absolute Gasteiger partial charge is 0.416 e. The van der Waals surface area contributed by atoms with Gasteiger partial charge in [0.2, 0.25) is 0 Å². The van der Waals surface area contributed by atoms with Gasteiger partial charge in [0.1, 0.15) is 0 Å². The number of ether oxygens (including phenoxy) is 2. The average molecular weight is 398 g/mol. The number of benzene rings is 1. The molecular weight excluding hydrogens is 377 g/mol. The number of carbonyl (C=O) groups is 2. The van der Waals surface area contributed by atoms with Crippen LogP contribution in [0.25, 0.3) is 0 Å². The third kappa shape index (κ3) is 6.41. The normalized spacial score (nSPS) is 15.2. The number of alkyl halides is 3. The van der Waals surface area contributed by atoms with E-state index in [-0.39, 0.29) is 5.69 Å². The molecule has 1 aliphatic rings. The first-order valence-corrected chi connectivity index (χ1v) is 8.61. The maximum atomic E-state index is 13.1. The molecule has 1 saturated heterocycles. The number of rotatable bonds is 6. The Morgan fingerprint density at radius 3 is 2.61 bits per heavy atom. The Hall–Kier alpha value is -2.81. The molecule has 1 aromatic rings. The van der Waals surface area contributed by atoms with Crippen LogP contribution in [0.3, 0.4) is 0 Å². The topological polar surface area (TPSA) is 67.9 Å². The van der Waals surface area contributed by atoms with Gasteiger partial charge in [0.15, 0.2) is 6.61 Å². The fourth-order valence-electron chi connectivity index (χ4n) is 2.51. The van der Waals surface area contributed by atoms with E-state index in [0.717, 1.165) is 18.2 Å². The summed E-state index contributed by atoms with van der Waals surface area (Å²) in [5.74, 6) is -1.47. The maximum absolute atomic E-state index is 13.1. The minimum atomic E-state index is -4.55. The first-order valence-electron chi connectivity index (χ1n) is 8.61. The lowest BCUT2D eigenvalue weighted by Gasteiger charge is -2.31. The number of amides is 1. The molecule has 28 heavy (non-hydrogen) atoms. The average Bonchev–Trinajstić information content (AvgIpc) is 2.66. The molecule has 1 aromatic carbocycles. The van der Waals surface area contributed by atoms with Crippen LogP contribution in [0.1, 0.15) is 12.5 Å². The van der Waals surface area contributed by atoms with Crippen LogP contribution >= 0.6 is 0 Å².